The van der Waals surface area contributed by atoms with Crippen LogP contribution in [-0.4, -0.2) is 29.1 Å². The fourth-order valence-electron chi connectivity index (χ4n) is 3.24. The number of nitrogens with one attached hydrogen (secondary N) is 2. The van der Waals surface area contributed by atoms with Gasteiger partial charge < -0.3 is 5.32 Å². The first kappa shape index (κ1) is 18.4. The number of nitrogens with zero attached hydrogens (tertiary/aromatic N) is 4. The number of anilines is 3. The van der Waals surface area contributed by atoms with E-state index in [0.29, 0.717) is 29.4 Å². The Balaban J connectivity index is 1.71. The van der Waals surface area contributed by atoms with Gasteiger partial charge in [0.1, 0.15) is 5.82 Å². The zero-order chi connectivity index (χ0) is 20.1. The molecule has 0 unspecified atom stereocenters. The number of urea groups is 1. The maximum absolute atomic E-state index is 13.0. The highest BCUT2D eigenvalue weighted by Crippen LogP contribution is 2.30. The van der Waals surface area contributed by atoms with E-state index in [9.17, 15) is 10.1 Å². The summed E-state index contributed by atoms with van der Waals surface area (Å²) in [6.45, 7) is 1.38. The quantitative estimate of drug-likeness (QED) is 0.688. The molecule has 0 saturated carbocycles. The van der Waals surface area contributed by atoms with Gasteiger partial charge in [0, 0.05) is 24.8 Å². The van der Waals surface area contributed by atoms with E-state index in [2.05, 4.69) is 21.7 Å². The highest BCUT2D eigenvalue weighted by atomic mass is 16.2. The molecule has 1 aliphatic heterocycles. The maximum Gasteiger partial charge on any atom is 0.328 e. The number of aromatic nitrogens is 2. The molecule has 0 atom stereocenters. The van der Waals surface area contributed by atoms with Gasteiger partial charge in [0.2, 0.25) is 0 Å². The summed E-state index contributed by atoms with van der Waals surface area (Å²) in [6.07, 6.45) is 3.45. The van der Waals surface area contributed by atoms with Crippen LogP contribution in [0.4, 0.5) is 22.1 Å². The molecule has 0 spiro atoms. The van der Waals surface area contributed by atoms with Gasteiger partial charge in [-0.15, -0.1) is 0 Å². The van der Waals surface area contributed by atoms with Crippen molar-refractivity contribution in [3.05, 3.63) is 66.4 Å². The summed E-state index contributed by atoms with van der Waals surface area (Å²) in [7, 11) is 0. The van der Waals surface area contributed by atoms with Crippen molar-refractivity contribution in [1.29, 1.82) is 5.26 Å². The van der Waals surface area contributed by atoms with Gasteiger partial charge in [-0.05, 0) is 49.2 Å². The molecule has 2 amide bonds. The standard InChI is InChI=1S/C22H20N6O/c23-15-16-6-5-7-17(14-16)18-9-10-19-21(26-18)28(13-4-3-11-24-19)22(29)27-20-8-1-2-12-25-20/h1-2,5-10,12,14,24H,3-4,11,13H2,(H,25,27,29). The number of nitriles is 1. The van der Waals surface area contributed by atoms with Gasteiger partial charge in [-0.2, -0.15) is 5.26 Å². The van der Waals surface area contributed by atoms with Crippen LogP contribution in [0.15, 0.2) is 60.8 Å². The summed E-state index contributed by atoms with van der Waals surface area (Å²) in [6, 6.07) is 18.4. The summed E-state index contributed by atoms with van der Waals surface area (Å²) in [5, 5.41) is 15.4. The Morgan fingerprint density at radius 2 is 2.07 bits per heavy atom. The molecule has 4 rings (SSSR count). The normalized spacial score (nSPS) is 13.3. The molecule has 0 radical (unpaired) electrons. The second kappa shape index (κ2) is 8.40. The monoisotopic (exact) mass is 384 g/mol. The van der Waals surface area contributed by atoms with Gasteiger partial charge in [0.15, 0.2) is 5.82 Å². The lowest BCUT2D eigenvalue weighted by atomic mass is 10.1. The van der Waals surface area contributed by atoms with Crippen molar-refractivity contribution < 1.29 is 4.79 Å². The number of fused-ring (bicyclic) bond motifs is 1. The van der Waals surface area contributed by atoms with E-state index >= 15 is 0 Å². The molecule has 1 aliphatic rings. The van der Waals surface area contributed by atoms with Crippen LogP contribution < -0.4 is 15.5 Å². The molecular formula is C22H20N6O. The zero-order valence-electron chi connectivity index (χ0n) is 15.8. The molecule has 29 heavy (non-hydrogen) atoms. The third-order valence-corrected chi connectivity index (χ3v) is 4.69. The molecule has 3 aromatic rings. The van der Waals surface area contributed by atoms with Crippen molar-refractivity contribution in [2.75, 3.05) is 28.6 Å². The van der Waals surface area contributed by atoms with Crippen molar-refractivity contribution in [2.24, 2.45) is 0 Å². The Labute approximate surface area is 169 Å². The van der Waals surface area contributed by atoms with E-state index in [1.807, 2.05) is 30.3 Å². The third kappa shape index (κ3) is 4.17. The van der Waals surface area contributed by atoms with Crippen LogP contribution in [0.1, 0.15) is 18.4 Å². The summed E-state index contributed by atoms with van der Waals surface area (Å²) >= 11 is 0. The van der Waals surface area contributed by atoms with Gasteiger partial charge in [0.25, 0.3) is 0 Å². The van der Waals surface area contributed by atoms with E-state index in [-0.39, 0.29) is 6.03 Å². The smallest absolute Gasteiger partial charge is 0.328 e. The average molecular weight is 384 g/mol. The van der Waals surface area contributed by atoms with Gasteiger partial charge in [0.05, 0.1) is 23.0 Å². The molecule has 1 aromatic carbocycles. The Morgan fingerprint density at radius 3 is 2.90 bits per heavy atom. The van der Waals surface area contributed by atoms with Crippen LogP contribution >= 0.6 is 0 Å². The number of amides is 2. The SMILES string of the molecule is N#Cc1cccc(-c2ccc3c(n2)N(C(=O)Nc2ccccn2)CCCCN3)c1. The van der Waals surface area contributed by atoms with Crippen molar-refractivity contribution in [3.8, 4) is 17.3 Å². The molecule has 0 aliphatic carbocycles. The fourth-order valence-corrected chi connectivity index (χ4v) is 3.24. The molecule has 2 N–H and O–H groups in total. The second-order valence-electron chi connectivity index (χ2n) is 6.69. The number of hydrogen-bond donors (Lipinski definition) is 2. The Morgan fingerprint density at radius 1 is 1.14 bits per heavy atom. The third-order valence-electron chi connectivity index (χ3n) is 4.69. The summed E-state index contributed by atoms with van der Waals surface area (Å²) in [4.78, 5) is 23.6. The molecule has 0 bridgehead atoms. The fraction of sp³-hybridized carbons (Fsp3) is 0.182. The summed E-state index contributed by atoms with van der Waals surface area (Å²) in [5.41, 5.74) is 2.91. The highest BCUT2D eigenvalue weighted by molar-refractivity contribution is 6.02. The molecule has 2 aromatic heterocycles. The predicted octanol–water partition coefficient (Wildman–Crippen LogP) is 4.26. The molecule has 3 heterocycles. The van der Waals surface area contributed by atoms with Crippen molar-refractivity contribution in [3.63, 3.8) is 0 Å². The number of benzene rings is 1. The number of carbonyl (C=O) groups is 1. The van der Waals surface area contributed by atoms with Crippen LogP contribution in [0.2, 0.25) is 0 Å². The first-order valence-corrected chi connectivity index (χ1v) is 9.49. The zero-order valence-corrected chi connectivity index (χ0v) is 15.8. The molecule has 144 valence electrons. The van der Waals surface area contributed by atoms with E-state index in [4.69, 9.17) is 4.98 Å². The van der Waals surface area contributed by atoms with Gasteiger partial charge in [-0.3, -0.25) is 10.2 Å². The number of carbonyl (C=O) groups excluding carboxylic acids is 1. The van der Waals surface area contributed by atoms with Gasteiger partial charge in [-0.25, -0.2) is 14.8 Å². The van der Waals surface area contributed by atoms with E-state index in [1.54, 1.807) is 35.4 Å². The molecule has 7 heteroatoms. The van der Waals surface area contributed by atoms with E-state index in [0.717, 1.165) is 30.6 Å². The molecule has 0 saturated heterocycles. The van der Waals surface area contributed by atoms with Crippen molar-refractivity contribution in [2.45, 2.75) is 12.8 Å². The first-order valence-electron chi connectivity index (χ1n) is 9.49. The van der Waals surface area contributed by atoms with Crippen molar-refractivity contribution >= 4 is 23.4 Å². The van der Waals surface area contributed by atoms with E-state index < -0.39 is 0 Å². The average Bonchev–Trinajstić information content (AvgIpc) is 2.75. The number of hydrogen-bond acceptors (Lipinski definition) is 5. The Hall–Kier alpha value is -3.92. The minimum Gasteiger partial charge on any atom is -0.382 e. The second-order valence-corrected chi connectivity index (χ2v) is 6.69. The van der Waals surface area contributed by atoms with Crippen LogP contribution in [-0.2, 0) is 0 Å². The first-order chi connectivity index (χ1) is 14.2. The van der Waals surface area contributed by atoms with Gasteiger partial charge >= 0.3 is 6.03 Å². The van der Waals surface area contributed by atoms with Crippen LogP contribution in [0, 0.1) is 11.3 Å². The Kier molecular flexibility index (Phi) is 5.34. The highest BCUT2D eigenvalue weighted by Gasteiger charge is 2.23. The molecular weight excluding hydrogens is 364 g/mol. The Bertz CT molecular complexity index is 1060. The number of pyridine rings is 2. The lowest BCUT2D eigenvalue weighted by Crippen LogP contribution is -2.38. The topological polar surface area (TPSA) is 93.9 Å². The van der Waals surface area contributed by atoms with Crippen LogP contribution in [0.25, 0.3) is 11.3 Å². The maximum atomic E-state index is 13.0. The van der Waals surface area contributed by atoms with Crippen LogP contribution in [0.5, 0.6) is 0 Å². The van der Waals surface area contributed by atoms with Crippen molar-refractivity contribution in [1.82, 2.24) is 9.97 Å². The minimum atomic E-state index is -0.274. The lowest BCUT2D eigenvalue weighted by molar-refractivity contribution is 0.256. The summed E-state index contributed by atoms with van der Waals surface area (Å²) in [5.74, 6) is 1.06. The van der Waals surface area contributed by atoms with Gasteiger partial charge in [-0.1, -0.05) is 18.2 Å². The largest absolute Gasteiger partial charge is 0.382 e. The van der Waals surface area contributed by atoms with Crippen LogP contribution in [0.3, 0.4) is 0 Å². The lowest BCUT2D eigenvalue weighted by Gasteiger charge is -2.27. The molecule has 0 fully saturated rings. The van der Waals surface area contributed by atoms with E-state index in [1.165, 1.54) is 0 Å². The molecule has 7 nitrogen and oxygen atoms in total. The summed E-state index contributed by atoms with van der Waals surface area (Å²) < 4.78 is 0. The minimum absolute atomic E-state index is 0.274. The predicted molar refractivity (Wildman–Crippen MR) is 113 cm³/mol. The number of rotatable bonds is 2.